The highest BCUT2D eigenvalue weighted by Gasteiger charge is 2.72. The SMILES string of the molecule is CC(C)(CBr)C(=O)NC(O)(C(F)(F)F)C(F)(F)F. The Balaban J connectivity index is 5.39. The highest BCUT2D eigenvalue weighted by Crippen LogP contribution is 2.41. The summed E-state index contributed by atoms with van der Waals surface area (Å²) < 4.78 is 73.5. The molecule has 3 nitrogen and oxygen atoms in total. The lowest BCUT2D eigenvalue weighted by molar-refractivity contribution is -0.376. The minimum Gasteiger partial charge on any atom is -0.357 e. The first-order valence-electron chi connectivity index (χ1n) is 4.43. The molecule has 0 radical (unpaired) electrons. The van der Waals surface area contributed by atoms with E-state index in [2.05, 4.69) is 15.9 Å². The normalized spacial score (nSPS) is 14.6. The van der Waals surface area contributed by atoms with Crippen LogP contribution in [0.25, 0.3) is 0 Å². The van der Waals surface area contributed by atoms with Gasteiger partial charge in [-0.15, -0.1) is 0 Å². The molecule has 0 unspecified atom stereocenters. The van der Waals surface area contributed by atoms with Crippen molar-refractivity contribution in [2.75, 3.05) is 5.33 Å². The molecule has 0 aromatic heterocycles. The second-order valence-electron chi connectivity index (χ2n) is 4.18. The smallest absolute Gasteiger partial charge is 0.357 e. The second-order valence-corrected chi connectivity index (χ2v) is 4.74. The number of hydrogen-bond acceptors (Lipinski definition) is 2. The number of aliphatic hydroxyl groups is 1. The van der Waals surface area contributed by atoms with E-state index >= 15 is 0 Å². The van der Waals surface area contributed by atoms with Crippen LogP contribution in [0.5, 0.6) is 0 Å². The van der Waals surface area contributed by atoms with Gasteiger partial charge in [0.2, 0.25) is 5.91 Å². The third kappa shape index (κ3) is 3.28. The van der Waals surface area contributed by atoms with E-state index in [1.165, 1.54) is 0 Å². The van der Waals surface area contributed by atoms with Gasteiger partial charge in [-0.25, -0.2) is 0 Å². The first-order chi connectivity index (χ1) is 7.69. The molecule has 0 aromatic carbocycles. The summed E-state index contributed by atoms with van der Waals surface area (Å²) in [6.07, 6.45) is -12.2. The molecule has 2 N–H and O–H groups in total. The summed E-state index contributed by atoms with van der Waals surface area (Å²) in [6.45, 7) is 2.23. The van der Waals surface area contributed by atoms with Crippen LogP contribution in [0.4, 0.5) is 26.3 Å². The molecule has 0 rings (SSSR count). The molecule has 0 aliphatic rings. The molecular formula is C8H10BrF6NO2. The summed E-state index contributed by atoms with van der Waals surface area (Å²) >= 11 is 2.78. The molecule has 0 saturated heterocycles. The van der Waals surface area contributed by atoms with E-state index in [1.54, 1.807) is 0 Å². The molecule has 0 bridgehead atoms. The van der Waals surface area contributed by atoms with Gasteiger partial charge >= 0.3 is 18.1 Å². The van der Waals surface area contributed by atoms with Crippen LogP contribution in [0.3, 0.4) is 0 Å². The van der Waals surface area contributed by atoms with Crippen molar-refractivity contribution in [2.45, 2.75) is 31.9 Å². The summed E-state index contributed by atoms with van der Waals surface area (Å²) in [6, 6.07) is 0. The summed E-state index contributed by atoms with van der Waals surface area (Å²) in [5.74, 6) is -1.59. The number of alkyl halides is 7. The summed E-state index contributed by atoms with van der Waals surface area (Å²) in [4.78, 5) is 11.3. The van der Waals surface area contributed by atoms with E-state index in [0.29, 0.717) is 5.32 Å². The van der Waals surface area contributed by atoms with Gasteiger partial charge in [-0.05, 0) is 0 Å². The lowest BCUT2D eigenvalue weighted by atomic mass is 9.94. The third-order valence-electron chi connectivity index (χ3n) is 2.06. The Morgan fingerprint density at radius 1 is 1.11 bits per heavy atom. The lowest BCUT2D eigenvalue weighted by Crippen LogP contribution is -2.69. The van der Waals surface area contributed by atoms with Crippen molar-refractivity contribution >= 4 is 21.8 Å². The van der Waals surface area contributed by atoms with Crippen LogP contribution in [0.15, 0.2) is 0 Å². The monoisotopic (exact) mass is 345 g/mol. The molecule has 0 aliphatic carbocycles. The molecule has 108 valence electrons. The summed E-state index contributed by atoms with van der Waals surface area (Å²) in [5.41, 5.74) is -6.82. The topological polar surface area (TPSA) is 49.3 Å². The molecule has 0 aliphatic heterocycles. The van der Waals surface area contributed by atoms with Gasteiger partial charge in [0.05, 0.1) is 5.41 Å². The maximum Gasteiger partial charge on any atom is 0.446 e. The number of amides is 1. The number of halogens is 7. The van der Waals surface area contributed by atoms with Crippen molar-refractivity contribution in [3.63, 3.8) is 0 Å². The molecular weight excluding hydrogens is 336 g/mol. The van der Waals surface area contributed by atoms with Gasteiger partial charge in [-0.1, -0.05) is 29.8 Å². The molecule has 0 atom stereocenters. The maximum absolute atomic E-state index is 12.3. The van der Waals surface area contributed by atoms with Crippen molar-refractivity contribution < 1.29 is 36.2 Å². The zero-order valence-electron chi connectivity index (χ0n) is 9.21. The predicted octanol–water partition coefficient (Wildman–Crippen LogP) is 2.34. The average Bonchev–Trinajstić information content (AvgIpc) is 2.13. The Hall–Kier alpha value is -0.510. The molecule has 0 aromatic rings. The quantitative estimate of drug-likeness (QED) is 0.468. The zero-order valence-corrected chi connectivity index (χ0v) is 10.8. The van der Waals surface area contributed by atoms with E-state index in [4.69, 9.17) is 5.11 Å². The minimum atomic E-state index is -6.08. The number of carbonyl (C=O) groups excluding carboxylic acids is 1. The van der Waals surface area contributed by atoms with Gasteiger partial charge in [-0.2, -0.15) is 26.3 Å². The first kappa shape index (κ1) is 17.5. The molecule has 0 spiro atoms. The largest absolute Gasteiger partial charge is 0.446 e. The van der Waals surface area contributed by atoms with Crippen LogP contribution in [-0.4, -0.2) is 34.4 Å². The first-order valence-corrected chi connectivity index (χ1v) is 5.55. The fourth-order valence-electron chi connectivity index (χ4n) is 0.697. The highest BCUT2D eigenvalue weighted by atomic mass is 79.9. The van der Waals surface area contributed by atoms with E-state index < -0.39 is 29.4 Å². The van der Waals surface area contributed by atoms with Crippen molar-refractivity contribution in [3.8, 4) is 0 Å². The highest BCUT2D eigenvalue weighted by molar-refractivity contribution is 9.09. The van der Waals surface area contributed by atoms with Gasteiger partial charge in [0.1, 0.15) is 0 Å². The molecule has 0 fully saturated rings. The van der Waals surface area contributed by atoms with Crippen LogP contribution >= 0.6 is 15.9 Å². The minimum absolute atomic E-state index is 0.183. The fourth-order valence-corrected chi connectivity index (χ4v) is 0.951. The van der Waals surface area contributed by atoms with Crippen molar-refractivity contribution in [3.05, 3.63) is 0 Å². The molecule has 18 heavy (non-hydrogen) atoms. The Kier molecular flexibility index (Phi) is 4.74. The molecule has 0 saturated carbocycles. The fraction of sp³-hybridized carbons (Fsp3) is 0.875. The van der Waals surface area contributed by atoms with Crippen molar-refractivity contribution in [1.82, 2.24) is 5.32 Å². The van der Waals surface area contributed by atoms with Gasteiger partial charge in [0.25, 0.3) is 0 Å². The zero-order chi connectivity index (χ0) is 15.0. The van der Waals surface area contributed by atoms with E-state index in [1.807, 2.05) is 0 Å². The van der Waals surface area contributed by atoms with Gasteiger partial charge in [0, 0.05) is 5.33 Å². The average molecular weight is 346 g/mol. The molecule has 10 heteroatoms. The van der Waals surface area contributed by atoms with E-state index in [0.717, 1.165) is 13.8 Å². The van der Waals surface area contributed by atoms with Crippen LogP contribution in [0, 0.1) is 5.41 Å². The van der Waals surface area contributed by atoms with Crippen LogP contribution in [0.2, 0.25) is 0 Å². The van der Waals surface area contributed by atoms with Gasteiger partial charge < -0.3 is 10.4 Å². The lowest BCUT2D eigenvalue weighted by Gasteiger charge is -2.35. The number of nitrogens with one attached hydrogen (secondary N) is 1. The maximum atomic E-state index is 12.3. The van der Waals surface area contributed by atoms with Crippen molar-refractivity contribution in [2.24, 2.45) is 5.41 Å². The second kappa shape index (κ2) is 4.87. The number of hydrogen-bond donors (Lipinski definition) is 2. The predicted molar refractivity (Wildman–Crippen MR) is 52.8 cm³/mol. The van der Waals surface area contributed by atoms with E-state index in [9.17, 15) is 31.1 Å². The summed E-state index contributed by atoms with van der Waals surface area (Å²) in [5, 5.41) is 9.13. The van der Waals surface area contributed by atoms with E-state index in [-0.39, 0.29) is 5.33 Å². The Morgan fingerprint density at radius 3 is 1.67 bits per heavy atom. The van der Waals surface area contributed by atoms with Crippen molar-refractivity contribution in [1.29, 1.82) is 0 Å². The van der Waals surface area contributed by atoms with Crippen LogP contribution < -0.4 is 5.32 Å². The Bertz CT molecular complexity index is 311. The molecule has 1 amide bonds. The standard InChI is InChI=1S/C8H10BrF6NO2/c1-5(2,3-9)4(17)16-6(18,7(10,11)12)8(13,14)15/h18H,3H2,1-2H3,(H,16,17). The van der Waals surface area contributed by atoms with Crippen LogP contribution in [0.1, 0.15) is 13.8 Å². The van der Waals surface area contributed by atoms with Crippen LogP contribution in [-0.2, 0) is 4.79 Å². The third-order valence-corrected chi connectivity index (χ3v) is 3.47. The number of rotatable bonds is 3. The van der Waals surface area contributed by atoms with Gasteiger partial charge in [0.15, 0.2) is 0 Å². The summed E-state index contributed by atoms with van der Waals surface area (Å²) in [7, 11) is 0. The Labute approximate surface area is 107 Å². The molecule has 0 heterocycles. The number of carbonyl (C=O) groups is 1. The van der Waals surface area contributed by atoms with Gasteiger partial charge in [-0.3, -0.25) is 4.79 Å². The Morgan fingerprint density at radius 2 is 1.44 bits per heavy atom.